The second kappa shape index (κ2) is 6.16. The third-order valence-corrected chi connectivity index (χ3v) is 2.76. The first-order valence-corrected chi connectivity index (χ1v) is 6.12. The second-order valence-corrected chi connectivity index (χ2v) is 4.47. The highest BCUT2D eigenvalue weighted by Crippen LogP contribution is 2.18. The van der Waals surface area contributed by atoms with Crippen LogP contribution in [0.1, 0.15) is 5.56 Å². The molecule has 0 bridgehead atoms. The fraction of sp³-hybridized carbons (Fsp3) is 0.0714. The van der Waals surface area contributed by atoms with E-state index in [4.69, 9.17) is 16.3 Å². The van der Waals surface area contributed by atoms with Crippen LogP contribution in [0.3, 0.4) is 0 Å². The minimum absolute atomic E-state index is 0.0167. The van der Waals surface area contributed by atoms with E-state index < -0.39 is 10.9 Å². The van der Waals surface area contributed by atoms with E-state index in [0.29, 0.717) is 16.3 Å². The molecule has 0 fully saturated rings. The molecule has 0 saturated heterocycles. The zero-order valence-electron chi connectivity index (χ0n) is 10.3. The van der Waals surface area contributed by atoms with Crippen molar-refractivity contribution in [3.63, 3.8) is 0 Å². The summed E-state index contributed by atoms with van der Waals surface area (Å²) in [5.41, 5.74) is 0.625. The lowest BCUT2D eigenvalue weighted by Crippen LogP contribution is -2.11. The van der Waals surface area contributed by atoms with Crippen LogP contribution in [0.2, 0.25) is 5.02 Å². The summed E-state index contributed by atoms with van der Waals surface area (Å²) < 4.78 is 5.12. The monoisotopic (exact) mass is 291 g/mol. The van der Waals surface area contributed by atoms with Crippen LogP contribution in [-0.4, -0.2) is 10.9 Å². The standard InChI is InChI=1S/C14H10ClNO4/c15-11-2-1-3-13(9-11)20-14(17)8-10-4-6-12(7-5-10)16(18)19/h1-7,9H,8H2. The lowest BCUT2D eigenvalue weighted by atomic mass is 10.1. The van der Waals surface area contributed by atoms with Crippen molar-refractivity contribution in [2.45, 2.75) is 6.42 Å². The van der Waals surface area contributed by atoms with Gasteiger partial charge in [0.2, 0.25) is 0 Å². The molecule has 0 saturated carbocycles. The van der Waals surface area contributed by atoms with Crippen LogP contribution in [0.5, 0.6) is 5.75 Å². The van der Waals surface area contributed by atoms with Crippen molar-refractivity contribution in [2.24, 2.45) is 0 Å². The van der Waals surface area contributed by atoms with E-state index in [1.54, 1.807) is 18.2 Å². The molecule has 0 heterocycles. The molecule has 5 nitrogen and oxygen atoms in total. The van der Waals surface area contributed by atoms with Crippen LogP contribution in [0.4, 0.5) is 5.69 Å². The zero-order valence-corrected chi connectivity index (χ0v) is 11.0. The molecule has 0 aliphatic carbocycles. The lowest BCUT2D eigenvalue weighted by Gasteiger charge is -2.04. The van der Waals surface area contributed by atoms with Gasteiger partial charge in [0.1, 0.15) is 5.75 Å². The smallest absolute Gasteiger partial charge is 0.315 e. The van der Waals surface area contributed by atoms with Crippen LogP contribution in [-0.2, 0) is 11.2 Å². The number of halogens is 1. The maximum absolute atomic E-state index is 11.7. The molecule has 0 unspecified atom stereocenters. The molecule has 6 heteroatoms. The second-order valence-electron chi connectivity index (χ2n) is 4.03. The maximum atomic E-state index is 11.7. The summed E-state index contributed by atoms with van der Waals surface area (Å²) in [5, 5.41) is 11.0. The van der Waals surface area contributed by atoms with Gasteiger partial charge in [0.25, 0.3) is 5.69 Å². The molecule has 2 aromatic carbocycles. The number of hydrogen-bond acceptors (Lipinski definition) is 4. The molecule has 0 aromatic heterocycles. The molecule has 2 aromatic rings. The average molecular weight is 292 g/mol. The molecule has 2 rings (SSSR count). The number of non-ortho nitro benzene ring substituents is 1. The van der Waals surface area contributed by atoms with Gasteiger partial charge in [-0.3, -0.25) is 14.9 Å². The van der Waals surface area contributed by atoms with Gasteiger partial charge in [-0.05, 0) is 23.8 Å². The normalized spacial score (nSPS) is 10.1. The van der Waals surface area contributed by atoms with Crippen LogP contribution >= 0.6 is 11.6 Å². The summed E-state index contributed by atoms with van der Waals surface area (Å²) in [6.07, 6.45) is 0.0322. The summed E-state index contributed by atoms with van der Waals surface area (Å²) in [6.45, 7) is 0. The highest BCUT2D eigenvalue weighted by atomic mass is 35.5. The predicted molar refractivity (Wildman–Crippen MR) is 73.9 cm³/mol. The number of benzene rings is 2. The minimum atomic E-state index is -0.492. The molecule has 20 heavy (non-hydrogen) atoms. The predicted octanol–water partition coefficient (Wildman–Crippen LogP) is 3.40. The number of nitro benzene ring substituents is 1. The fourth-order valence-electron chi connectivity index (χ4n) is 1.60. The number of carbonyl (C=O) groups is 1. The maximum Gasteiger partial charge on any atom is 0.315 e. The molecule has 0 atom stereocenters. The van der Waals surface area contributed by atoms with Crippen LogP contribution in [0, 0.1) is 10.1 Å². The lowest BCUT2D eigenvalue weighted by molar-refractivity contribution is -0.384. The van der Waals surface area contributed by atoms with E-state index in [-0.39, 0.29) is 12.1 Å². The van der Waals surface area contributed by atoms with Crippen molar-refractivity contribution >= 4 is 23.3 Å². The van der Waals surface area contributed by atoms with Gasteiger partial charge in [-0.2, -0.15) is 0 Å². The van der Waals surface area contributed by atoms with Crippen LogP contribution < -0.4 is 4.74 Å². The van der Waals surface area contributed by atoms with Crippen molar-refractivity contribution < 1.29 is 14.5 Å². The van der Waals surface area contributed by atoms with Gasteiger partial charge in [-0.1, -0.05) is 29.8 Å². The van der Waals surface area contributed by atoms with Crippen molar-refractivity contribution in [3.8, 4) is 5.75 Å². The first kappa shape index (κ1) is 14.0. The Hall–Kier alpha value is -2.40. The highest BCUT2D eigenvalue weighted by Gasteiger charge is 2.09. The van der Waals surface area contributed by atoms with Crippen LogP contribution in [0.25, 0.3) is 0 Å². The van der Waals surface area contributed by atoms with E-state index in [2.05, 4.69) is 0 Å². The Balaban J connectivity index is 1.99. The molecule has 0 aliphatic heterocycles. The Labute approximate surface area is 119 Å². The first-order chi connectivity index (χ1) is 9.54. The summed E-state index contributed by atoms with van der Waals surface area (Å²) >= 11 is 5.78. The molecule has 0 spiro atoms. The average Bonchev–Trinajstić information content (AvgIpc) is 2.39. The zero-order chi connectivity index (χ0) is 14.5. The summed E-state index contributed by atoms with van der Waals surface area (Å²) in [7, 11) is 0. The van der Waals surface area contributed by atoms with E-state index in [0.717, 1.165) is 0 Å². The van der Waals surface area contributed by atoms with Gasteiger partial charge >= 0.3 is 5.97 Å². The number of ether oxygens (including phenoxy) is 1. The van der Waals surface area contributed by atoms with E-state index >= 15 is 0 Å². The van der Waals surface area contributed by atoms with Gasteiger partial charge in [0, 0.05) is 17.2 Å². The number of rotatable bonds is 4. The van der Waals surface area contributed by atoms with Gasteiger partial charge in [0.15, 0.2) is 0 Å². The summed E-state index contributed by atoms with van der Waals surface area (Å²) in [4.78, 5) is 21.7. The third-order valence-electron chi connectivity index (χ3n) is 2.52. The molecular weight excluding hydrogens is 282 g/mol. The molecule has 102 valence electrons. The van der Waals surface area contributed by atoms with Crippen molar-refractivity contribution in [1.29, 1.82) is 0 Å². The Morgan fingerprint density at radius 3 is 2.50 bits per heavy atom. The van der Waals surface area contributed by atoms with E-state index in [1.807, 2.05) is 0 Å². The molecule has 0 amide bonds. The Bertz CT molecular complexity index is 640. The summed E-state index contributed by atoms with van der Waals surface area (Å²) in [5.74, 6) is -0.0921. The molecule has 0 radical (unpaired) electrons. The third kappa shape index (κ3) is 3.80. The molecule has 0 aliphatic rings. The number of esters is 1. The van der Waals surface area contributed by atoms with E-state index in [9.17, 15) is 14.9 Å². The van der Waals surface area contributed by atoms with E-state index in [1.165, 1.54) is 30.3 Å². The minimum Gasteiger partial charge on any atom is -0.426 e. The number of nitro groups is 1. The fourth-order valence-corrected chi connectivity index (χ4v) is 1.78. The van der Waals surface area contributed by atoms with Gasteiger partial charge < -0.3 is 4.74 Å². The quantitative estimate of drug-likeness (QED) is 0.375. The van der Waals surface area contributed by atoms with Gasteiger partial charge in [-0.15, -0.1) is 0 Å². The number of nitrogens with zero attached hydrogens (tertiary/aromatic N) is 1. The van der Waals surface area contributed by atoms with Gasteiger partial charge in [0.05, 0.1) is 11.3 Å². The molecular formula is C14H10ClNO4. The Morgan fingerprint density at radius 2 is 1.90 bits per heavy atom. The highest BCUT2D eigenvalue weighted by molar-refractivity contribution is 6.30. The van der Waals surface area contributed by atoms with Crippen LogP contribution in [0.15, 0.2) is 48.5 Å². The number of hydrogen-bond donors (Lipinski definition) is 0. The van der Waals surface area contributed by atoms with Crippen molar-refractivity contribution in [3.05, 3.63) is 69.2 Å². The Kier molecular flexibility index (Phi) is 4.32. The summed E-state index contributed by atoms with van der Waals surface area (Å²) in [6, 6.07) is 12.3. The topological polar surface area (TPSA) is 69.4 Å². The largest absolute Gasteiger partial charge is 0.426 e. The van der Waals surface area contributed by atoms with Crippen molar-refractivity contribution in [1.82, 2.24) is 0 Å². The van der Waals surface area contributed by atoms with Gasteiger partial charge in [-0.25, -0.2) is 0 Å². The first-order valence-electron chi connectivity index (χ1n) is 5.74. The molecule has 0 N–H and O–H groups in total. The SMILES string of the molecule is O=C(Cc1ccc([N+](=O)[O-])cc1)Oc1cccc(Cl)c1. The Morgan fingerprint density at radius 1 is 1.20 bits per heavy atom. The number of carbonyl (C=O) groups excluding carboxylic acids is 1. The van der Waals surface area contributed by atoms with Crippen molar-refractivity contribution in [2.75, 3.05) is 0 Å².